The second-order valence-electron chi connectivity index (χ2n) is 6.54. The number of aryl methyl sites for hydroxylation is 2. The van der Waals surface area contributed by atoms with Gasteiger partial charge in [-0.3, -0.25) is 10.1 Å². The quantitative estimate of drug-likeness (QED) is 0.472. The summed E-state index contributed by atoms with van der Waals surface area (Å²) in [5.41, 5.74) is 2.63. The summed E-state index contributed by atoms with van der Waals surface area (Å²) in [6.07, 6.45) is 0. The summed E-state index contributed by atoms with van der Waals surface area (Å²) < 4.78 is 30.4. The zero-order chi connectivity index (χ0) is 21.3. The van der Waals surface area contributed by atoms with Crippen molar-refractivity contribution in [3.8, 4) is 11.5 Å². The van der Waals surface area contributed by atoms with Crippen molar-refractivity contribution in [1.29, 1.82) is 0 Å². The lowest BCUT2D eigenvalue weighted by molar-refractivity contribution is 0.102. The summed E-state index contributed by atoms with van der Waals surface area (Å²) in [7, 11) is 1.50. The predicted molar refractivity (Wildman–Crippen MR) is 111 cm³/mol. The average Bonchev–Trinajstić information content (AvgIpc) is 3.27. The fourth-order valence-corrected chi connectivity index (χ4v) is 3.79. The third-order valence-corrected chi connectivity index (χ3v) is 5.48. The van der Waals surface area contributed by atoms with E-state index >= 15 is 0 Å². The molecule has 1 amide bonds. The maximum atomic E-state index is 13.3. The fourth-order valence-electron chi connectivity index (χ4n) is 2.91. The van der Waals surface area contributed by atoms with Gasteiger partial charge in [0.2, 0.25) is 0 Å². The molecule has 0 atom stereocenters. The maximum absolute atomic E-state index is 13.3. The molecule has 0 spiro atoms. The molecule has 2 heterocycles. The first-order valence-corrected chi connectivity index (χ1v) is 9.86. The van der Waals surface area contributed by atoms with Crippen molar-refractivity contribution in [3.63, 3.8) is 0 Å². The first-order valence-electron chi connectivity index (χ1n) is 9.04. The van der Waals surface area contributed by atoms with Crippen LogP contribution in [0.25, 0.3) is 10.2 Å². The number of carbonyl (C=O) groups is 1. The first kappa shape index (κ1) is 19.8. The lowest BCUT2D eigenvalue weighted by Crippen LogP contribution is -2.12. The van der Waals surface area contributed by atoms with Gasteiger partial charge in [-0.05, 0) is 50.2 Å². The monoisotopic (exact) mass is 427 g/mol. The zero-order valence-electron chi connectivity index (χ0n) is 16.5. The normalized spacial score (nSPS) is 10.9. The predicted octanol–water partition coefficient (Wildman–Crippen LogP) is 4.88. The van der Waals surface area contributed by atoms with Gasteiger partial charge in [0.1, 0.15) is 18.2 Å². The molecule has 0 aliphatic rings. The van der Waals surface area contributed by atoms with Crippen LogP contribution in [0.3, 0.4) is 0 Å². The number of hydrogen-bond donors (Lipinski definition) is 1. The van der Waals surface area contributed by atoms with Crippen LogP contribution in [0, 0.1) is 19.7 Å². The molecule has 4 aromatic rings. The van der Waals surface area contributed by atoms with Crippen molar-refractivity contribution >= 4 is 32.6 Å². The van der Waals surface area contributed by atoms with Crippen molar-refractivity contribution < 1.29 is 23.2 Å². The van der Waals surface area contributed by atoms with Gasteiger partial charge in [-0.2, -0.15) is 0 Å². The van der Waals surface area contributed by atoms with Crippen LogP contribution < -0.4 is 14.8 Å². The summed E-state index contributed by atoms with van der Waals surface area (Å²) in [6, 6.07) is 9.18. The lowest BCUT2D eigenvalue weighted by atomic mass is 10.2. The number of anilines is 1. The van der Waals surface area contributed by atoms with Crippen LogP contribution in [0.2, 0.25) is 0 Å². The number of carbonyl (C=O) groups excluding carboxylic acids is 1. The van der Waals surface area contributed by atoms with E-state index in [2.05, 4.69) is 15.5 Å². The van der Waals surface area contributed by atoms with Crippen molar-refractivity contribution in [1.82, 2.24) is 10.1 Å². The van der Waals surface area contributed by atoms with Crippen molar-refractivity contribution in [2.45, 2.75) is 20.5 Å². The number of methoxy groups -OCH3 is 1. The van der Waals surface area contributed by atoms with E-state index in [1.807, 2.05) is 13.8 Å². The topological polar surface area (TPSA) is 86.5 Å². The van der Waals surface area contributed by atoms with Crippen molar-refractivity contribution in [2.24, 2.45) is 0 Å². The van der Waals surface area contributed by atoms with Crippen molar-refractivity contribution in [3.05, 3.63) is 64.8 Å². The van der Waals surface area contributed by atoms with E-state index in [0.717, 1.165) is 11.3 Å². The van der Waals surface area contributed by atoms with Gasteiger partial charge >= 0.3 is 0 Å². The Morgan fingerprint density at radius 2 is 2.03 bits per heavy atom. The number of rotatable bonds is 6. The molecule has 0 bridgehead atoms. The molecule has 9 heteroatoms. The number of thiazole rings is 1. The molecule has 0 unspecified atom stereocenters. The van der Waals surface area contributed by atoms with Crippen LogP contribution in [0.1, 0.15) is 27.4 Å². The molecule has 0 radical (unpaired) electrons. The maximum Gasteiger partial charge on any atom is 0.257 e. The van der Waals surface area contributed by atoms with E-state index in [1.165, 1.54) is 30.6 Å². The molecule has 30 heavy (non-hydrogen) atoms. The molecule has 0 saturated carbocycles. The third-order valence-electron chi connectivity index (χ3n) is 4.55. The molecule has 2 aromatic carbocycles. The van der Waals surface area contributed by atoms with Gasteiger partial charge in [0.25, 0.3) is 5.91 Å². The Morgan fingerprint density at radius 3 is 2.77 bits per heavy atom. The molecular formula is C21H18FN3O4S. The molecule has 154 valence electrons. The molecule has 4 rings (SSSR count). The Balaban J connectivity index is 1.50. The molecule has 0 saturated heterocycles. The molecule has 0 aliphatic carbocycles. The molecule has 1 N–H and O–H groups in total. The summed E-state index contributed by atoms with van der Waals surface area (Å²) in [6.45, 7) is 3.93. The number of hydrogen-bond acceptors (Lipinski definition) is 7. The second-order valence-corrected chi connectivity index (χ2v) is 7.57. The minimum absolute atomic E-state index is 0.269. The van der Waals surface area contributed by atoms with Crippen molar-refractivity contribution in [2.75, 3.05) is 12.4 Å². The number of amides is 1. The smallest absolute Gasteiger partial charge is 0.257 e. The van der Waals surface area contributed by atoms with Crippen LogP contribution in [-0.2, 0) is 6.61 Å². The Morgan fingerprint density at radius 1 is 1.20 bits per heavy atom. The van der Waals surface area contributed by atoms with E-state index in [1.54, 1.807) is 24.3 Å². The number of fused-ring (bicyclic) bond motifs is 1. The summed E-state index contributed by atoms with van der Waals surface area (Å²) in [4.78, 5) is 16.9. The summed E-state index contributed by atoms with van der Waals surface area (Å²) in [5.74, 6) is 0.898. The van der Waals surface area contributed by atoms with E-state index in [0.29, 0.717) is 38.2 Å². The largest absolute Gasteiger partial charge is 0.493 e. The average molecular weight is 427 g/mol. The molecule has 0 aliphatic heterocycles. The minimum Gasteiger partial charge on any atom is -0.493 e. The molecular weight excluding hydrogens is 409 g/mol. The number of benzene rings is 2. The van der Waals surface area contributed by atoms with Crippen LogP contribution >= 0.6 is 11.3 Å². The molecule has 0 fully saturated rings. The standard InChI is InChI=1S/C21H18FN3O4S/c1-11-15(12(2)29-25-11)10-28-17-7-4-13(8-18(17)27-3)20(26)24-21-23-16-6-5-14(22)9-19(16)30-21/h4-9H,10H2,1-3H3,(H,23,24,26). The number of aromatic nitrogens is 2. The minimum atomic E-state index is -0.356. The van der Waals surface area contributed by atoms with Crippen LogP contribution in [0.15, 0.2) is 40.9 Å². The number of halogens is 1. The third kappa shape index (κ3) is 3.97. The lowest BCUT2D eigenvalue weighted by Gasteiger charge is -2.12. The highest BCUT2D eigenvalue weighted by Gasteiger charge is 2.15. The van der Waals surface area contributed by atoms with E-state index < -0.39 is 0 Å². The number of nitrogens with one attached hydrogen (secondary N) is 1. The van der Waals surface area contributed by atoms with Gasteiger partial charge in [0.15, 0.2) is 16.6 Å². The van der Waals surface area contributed by atoms with Gasteiger partial charge < -0.3 is 14.0 Å². The van der Waals surface area contributed by atoms with Crippen LogP contribution in [0.5, 0.6) is 11.5 Å². The van der Waals surface area contributed by atoms with Gasteiger partial charge in [-0.1, -0.05) is 16.5 Å². The highest BCUT2D eigenvalue weighted by atomic mass is 32.1. The van der Waals surface area contributed by atoms with E-state index in [4.69, 9.17) is 14.0 Å². The number of ether oxygens (including phenoxy) is 2. The Kier molecular flexibility index (Phi) is 5.37. The fraction of sp³-hybridized carbons (Fsp3) is 0.190. The second kappa shape index (κ2) is 8.11. The highest BCUT2D eigenvalue weighted by molar-refractivity contribution is 7.22. The Hall–Kier alpha value is -3.46. The van der Waals surface area contributed by atoms with Gasteiger partial charge in [-0.25, -0.2) is 9.37 Å². The Bertz CT molecular complexity index is 1210. The van der Waals surface area contributed by atoms with Gasteiger partial charge in [0, 0.05) is 5.56 Å². The van der Waals surface area contributed by atoms with E-state index in [9.17, 15) is 9.18 Å². The zero-order valence-corrected chi connectivity index (χ0v) is 17.3. The Labute approximate surface area is 175 Å². The van der Waals surface area contributed by atoms with E-state index in [-0.39, 0.29) is 18.3 Å². The van der Waals surface area contributed by atoms with Gasteiger partial charge in [-0.15, -0.1) is 0 Å². The SMILES string of the molecule is COc1cc(C(=O)Nc2nc3ccc(F)cc3s2)ccc1OCc1c(C)noc1C. The first-order chi connectivity index (χ1) is 14.4. The molecule has 7 nitrogen and oxygen atoms in total. The van der Waals surface area contributed by atoms with Crippen LogP contribution in [0.4, 0.5) is 9.52 Å². The van der Waals surface area contributed by atoms with Crippen LogP contribution in [-0.4, -0.2) is 23.2 Å². The summed E-state index contributed by atoms with van der Waals surface area (Å²) >= 11 is 1.20. The highest BCUT2D eigenvalue weighted by Crippen LogP contribution is 2.31. The molecule has 2 aromatic heterocycles. The number of nitrogens with zero attached hydrogens (tertiary/aromatic N) is 2. The summed E-state index contributed by atoms with van der Waals surface area (Å²) in [5, 5.41) is 7.03. The van der Waals surface area contributed by atoms with Gasteiger partial charge in [0.05, 0.1) is 28.6 Å².